The summed E-state index contributed by atoms with van der Waals surface area (Å²) in [5.41, 5.74) is 8.18. The number of hydrogen-bond donors (Lipinski definition) is 3. The average molecular weight is 248 g/mol. The van der Waals surface area contributed by atoms with Crippen LogP contribution in [0.5, 0.6) is 0 Å². The predicted molar refractivity (Wildman–Crippen MR) is 75.1 cm³/mol. The summed E-state index contributed by atoms with van der Waals surface area (Å²) in [6, 6.07) is 5.90. The number of nitrogens with one attached hydrogen (secondary N) is 2. The fourth-order valence-corrected chi connectivity index (χ4v) is 2.10. The number of rotatable bonds is 4. The van der Waals surface area contributed by atoms with Crippen LogP contribution in [-0.2, 0) is 0 Å². The fourth-order valence-electron chi connectivity index (χ4n) is 2.10. The van der Waals surface area contributed by atoms with Crippen molar-refractivity contribution < 1.29 is 0 Å². The van der Waals surface area contributed by atoms with Crippen LogP contribution >= 0.6 is 0 Å². The normalized spacial score (nSPS) is 12.0. The van der Waals surface area contributed by atoms with Crippen molar-refractivity contribution in [3.05, 3.63) is 28.7 Å². The molecule has 0 saturated carbocycles. The third-order valence-corrected chi connectivity index (χ3v) is 3.55. The summed E-state index contributed by atoms with van der Waals surface area (Å²) < 4.78 is 0. The van der Waals surface area contributed by atoms with Gasteiger partial charge in [-0.15, -0.1) is 0 Å². The topological polar surface area (TPSA) is 77.9 Å². The van der Waals surface area contributed by atoms with Crippen LogP contribution in [0.15, 0.2) is 23.0 Å². The molecule has 0 aliphatic heterocycles. The van der Waals surface area contributed by atoms with E-state index in [0.29, 0.717) is 6.54 Å². The molecule has 4 N–H and O–H groups in total. The predicted octanol–water partition coefficient (Wildman–Crippen LogP) is 1.42. The summed E-state index contributed by atoms with van der Waals surface area (Å²) in [4.78, 5) is 18.9. The molecule has 0 fully saturated rings. The molecule has 1 aromatic heterocycles. The lowest BCUT2D eigenvalue weighted by Crippen LogP contribution is -2.42. The molecular formula is C13H20N4O. The molecule has 5 heteroatoms. The lowest BCUT2D eigenvalue weighted by molar-refractivity contribution is 0.456. The van der Waals surface area contributed by atoms with Gasteiger partial charge in [0.2, 0.25) is 0 Å². The van der Waals surface area contributed by atoms with E-state index >= 15 is 0 Å². The smallest absolute Gasteiger partial charge is 0.323 e. The molecular weight excluding hydrogens is 228 g/mol. The van der Waals surface area contributed by atoms with Crippen molar-refractivity contribution >= 4 is 16.7 Å². The van der Waals surface area contributed by atoms with E-state index in [-0.39, 0.29) is 11.2 Å². The molecule has 98 valence electrons. The maximum atomic E-state index is 11.2. The summed E-state index contributed by atoms with van der Waals surface area (Å²) in [5, 5.41) is 0. The molecule has 0 radical (unpaired) electrons. The van der Waals surface area contributed by atoms with E-state index in [2.05, 4.69) is 28.7 Å². The SMILES string of the molecule is CN(c1ccc2[nH]c(=O)[nH]c2c1)C(C)(C)CCN. The molecule has 0 aliphatic carbocycles. The standard InChI is InChI=1S/C13H20N4O/c1-13(2,6-7-14)17(3)9-4-5-10-11(8-9)16-12(18)15-10/h4-5,8H,6-7,14H2,1-3H3,(H2,15,16,18). The van der Waals surface area contributed by atoms with Crippen LogP contribution in [-0.4, -0.2) is 29.1 Å². The van der Waals surface area contributed by atoms with Gasteiger partial charge in [0.25, 0.3) is 0 Å². The first-order valence-corrected chi connectivity index (χ1v) is 6.10. The summed E-state index contributed by atoms with van der Waals surface area (Å²) in [6.07, 6.45) is 0.908. The van der Waals surface area contributed by atoms with Crippen LogP contribution in [0.4, 0.5) is 5.69 Å². The minimum Gasteiger partial charge on any atom is -0.369 e. The van der Waals surface area contributed by atoms with E-state index in [4.69, 9.17) is 5.73 Å². The molecule has 0 atom stereocenters. The third-order valence-electron chi connectivity index (χ3n) is 3.55. The molecule has 1 heterocycles. The first kappa shape index (κ1) is 12.7. The van der Waals surface area contributed by atoms with Crippen molar-refractivity contribution in [3.8, 4) is 0 Å². The number of imidazole rings is 1. The number of hydrogen-bond acceptors (Lipinski definition) is 3. The number of benzene rings is 1. The van der Waals surface area contributed by atoms with Gasteiger partial charge in [0.1, 0.15) is 0 Å². The number of nitrogens with zero attached hydrogens (tertiary/aromatic N) is 1. The maximum absolute atomic E-state index is 11.2. The minimum absolute atomic E-state index is 0.0149. The van der Waals surface area contributed by atoms with Crippen LogP contribution < -0.4 is 16.3 Å². The Morgan fingerprint density at radius 3 is 2.61 bits per heavy atom. The molecule has 0 bridgehead atoms. The minimum atomic E-state index is -0.175. The highest BCUT2D eigenvalue weighted by Gasteiger charge is 2.23. The van der Waals surface area contributed by atoms with Crippen LogP contribution in [0, 0.1) is 0 Å². The quantitative estimate of drug-likeness (QED) is 0.765. The van der Waals surface area contributed by atoms with E-state index in [1.54, 1.807) is 0 Å². The zero-order chi connectivity index (χ0) is 13.3. The Morgan fingerprint density at radius 2 is 1.94 bits per heavy atom. The Bertz CT molecular complexity index is 596. The van der Waals surface area contributed by atoms with Crippen molar-refractivity contribution in [1.29, 1.82) is 0 Å². The second-order valence-corrected chi connectivity index (χ2v) is 5.22. The second-order valence-electron chi connectivity index (χ2n) is 5.22. The number of nitrogens with two attached hydrogens (primary N) is 1. The Labute approximate surface area is 106 Å². The van der Waals surface area contributed by atoms with E-state index in [1.807, 2.05) is 25.2 Å². The van der Waals surface area contributed by atoms with Gasteiger partial charge in [-0.3, -0.25) is 0 Å². The summed E-state index contributed by atoms with van der Waals surface area (Å²) in [5.74, 6) is 0. The number of anilines is 1. The average Bonchev–Trinajstić information content (AvgIpc) is 2.66. The molecule has 0 unspecified atom stereocenters. The zero-order valence-electron chi connectivity index (χ0n) is 11.1. The molecule has 5 nitrogen and oxygen atoms in total. The molecule has 0 spiro atoms. The Morgan fingerprint density at radius 1 is 1.28 bits per heavy atom. The largest absolute Gasteiger partial charge is 0.369 e. The van der Waals surface area contributed by atoms with Crippen molar-refractivity contribution in [3.63, 3.8) is 0 Å². The monoisotopic (exact) mass is 248 g/mol. The molecule has 2 rings (SSSR count). The van der Waals surface area contributed by atoms with Crippen LogP contribution in [0.1, 0.15) is 20.3 Å². The van der Waals surface area contributed by atoms with E-state index in [0.717, 1.165) is 23.1 Å². The zero-order valence-corrected chi connectivity index (χ0v) is 11.1. The van der Waals surface area contributed by atoms with Gasteiger partial charge in [0.05, 0.1) is 11.0 Å². The lowest BCUT2D eigenvalue weighted by Gasteiger charge is -2.37. The van der Waals surface area contributed by atoms with Gasteiger partial charge >= 0.3 is 5.69 Å². The van der Waals surface area contributed by atoms with Crippen molar-refractivity contribution in [1.82, 2.24) is 9.97 Å². The van der Waals surface area contributed by atoms with Gasteiger partial charge < -0.3 is 20.6 Å². The van der Waals surface area contributed by atoms with Gasteiger partial charge in [-0.05, 0) is 45.0 Å². The first-order valence-electron chi connectivity index (χ1n) is 6.10. The highest BCUT2D eigenvalue weighted by molar-refractivity contribution is 5.79. The summed E-state index contributed by atoms with van der Waals surface area (Å²) in [7, 11) is 2.04. The van der Waals surface area contributed by atoms with E-state index in [1.165, 1.54) is 0 Å². The first-order chi connectivity index (χ1) is 8.44. The van der Waals surface area contributed by atoms with E-state index < -0.39 is 0 Å². The number of aromatic nitrogens is 2. The van der Waals surface area contributed by atoms with Crippen LogP contribution in [0.2, 0.25) is 0 Å². The maximum Gasteiger partial charge on any atom is 0.323 e. The molecule has 0 aliphatic rings. The Balaban J connectivity index is 2.38. The lowest BCUT2D eigenvalue weighted by atomic mass is 9.98. The highest BCUT2D eigenvalue weighted by Crippen LogP contribution is 2.26. The van der Waals surface area contributed by atoms with Gasteiger partial charge in [-0.2, -0.15) is 0 Å². The Kier molecular flexibility index (Phi) is 3.17. The van der Waals surface area contributed by atoms with Gasteiger partial charge in [0.15, 0.2) is 0 Å². The fraction of sp³-hybridized carbons (Fsp3) is 0.462. The number of H-pyrrole nitrogens is 2. The van der Waals surface area contributed by atoms with Gasteiger partial charge in [0, 0.05) is 18.3 Å². The number of aromatic amines is 2. The second kappa shape index (κ2) is 4.49. The molecule has 1 aromatic carbocycles. The summed E-state index contributed by atoms with van der Waals surface area (Å²) in [6.45, 7) is 4.97. The molecule has 0 saturated heterocycles. The van der Waals surface area contributed by atoms with Gasteiger partial charge in [-0.25, -0.2) is 4.79 Å². The van der Waals surface area contributed by atoms with Crippen molar-refractivity contribution in [2.24, 2.45) is 5.73 Å². The van der Waals surface area contributed by atoms with Crippen LogP contribution in [0.25, 0.3) is 11.0 Å². The molecule has 0 amide bonds. The van der Waals surface area contributed by atoms with Crippen LogP contribution in [0.3, 0.4) is 0 Å². The van der Waals surface area contributed by atoms with Crippen molar-refractivity contribution in [2.75, 3.05) is 18.5 Å². The van der Waals surface area contributed by atoms with Crippen molar-refractivity contribution in [2.45, 2.75) is 25.8 Å². The summed E-state index contributed by atoms with van der Waals surface area (Å²) >= 11 is 0. The molecule has 2 aromatic rings. The highest BCUT2D eigenvalue weighted by atomic mass is 16.1. The number of fused-ring (bicyclic) bond motifs is 1. The van der Waals surface area contributed by atoms with E-state index in [9.17, 15) is 4.79 Å². The Hall–Kier alpha value is -1.75. The molecule has 18 heavy (non-hydrogen) atoms. The third kappa shape index (κ3) is 2.26. The van der Waals surface area contributed by atoms with Gasteiger partial charge in [-0.1, -0.05) is 0 Å².